The van der Waals surface area contributed by atoms with Crippen LogP contribution >= 0.6 is 0 Å². The van der Waals surface area contributed by atoms with Crippen LogP contribution in [0.3, 0.4) is 0 Å². The number of hydrogen-bond donors (Lipinski definition) is 3. The van der Waals surface area contributed by atoms with E-state index in [0.29, 0.717) is 0 Å². The zero-order valence-corrected chi connectivity index (χ0v) is 7.88. The minimum atomic E-state index is -4.51. The first-order valence-corrected chi connectivity index (χ1v) is 4.35. The largest absolute Gasteiger partial charge is 0.392 e. The number of aliphatic imine (C=N–C) groups is 2. The second-order valence-corrected chi connectivity index (χ2v) is 3.47. The molecule has 2 heterocycles. The molecule has 0 radical (unpaired) electrons. The normalized spacial score (nSPS) is 32.9. The number of rotatable bonds is 1. The van der Waals surface area contributed by atoms with Crippen molar-refractivity contribution >= 4 is 18.1 Å². The lowest BCUT2D eigenvalue weighted by molar-refractivity contribution is -0.153. The van der Waals surface area contributed by atoms with Gasteiger partial charge >= 0.3 is 6.18 Å². The molecule has 2 aliphatic rings. The molecule has 88 valence electrons. The van der Waals surface area contributed by atoms with Gasteiger partial charge in [-0.2, -0.15) is 13.2 Å². The molecular weight excluding hydrogens is 227 g/mol. The van der Waals surface area contributed by atoms with Gasteiger partial charge in [-0.15, -0.1) is 0 Å². The van der Waals surface area contributed by atoms with E-state index >= 15 is 0 Å². The monoisotopic (exact) mass is 235 g/mol. The molecule has 6 nitrogen and oxygen atoms in total. The van der Waals surface area contributed by atoms with E-state index in [0.717, 1.165) is 6.34 Å². The van der Waals surface area contributed by atoms with Gasteiger partial charge < -0.3 is 10.6 Å². The maximum Gasteiger partial charge on any atom is 0.392 e. The molecule has 0 aromatic carbocycles. The van der Waals surface area contributed by atoms with Crippen molar-refractivity contribution in [1.29, 1.82) is 0 Å². The Labute approximate surface area is 87.8 Å². The fraction of sp³-hybridized carbons (Fsp3) is 0.571. The van der Waals surface area contributed by atoms with Crippen molar-refractivity contribution in [2.75, 3.05) is 0 Å². The molecule has 2 aliphatic heterocycles. The molecule has 0 aromatic rings. The molecule has 16 heavy (non-hydrogen) atoms. The third kappa shape index (κ3) is 1.62. The first-order valence-electron chi connectivity index (χ1n) is 4.35. The highest BCUT2D eigenvalue weighted by atomic mass is 19.4. The fourth-order valence-electron chi connectivity index (χ4n) is 1.62. The average molecular weight is 235 g/mol. The average Bonchev–Trinajstić information content (AvgIpc) is 2.46. The van der Waals surface area contributed by atoms with E-state index in [4.69, 9.17) is 5.73 Å². The molecule has 0 aliphatic carbocycles. The Bertz CT molecular complexity index is 390. The zero-order valence-electron chi connectivity index (χ0n) is 7.88. The molecule has 4 N–H and O–H groups in total. The lowest BCUT2D eigenvalue weighted by atomic mass is 9.92. The Morgan fingerprint density at radius 2 is 2.25 bits per heavy atom. The number of amidine groups is 1. The van der Waals surface area contributed by atoms with Crippen molar-refractivity contribution in [3.05, 3.63) is 0 Å². The molecule has 1 amide bonds. The van der Waals surface area contributed by atoms with Crippen molar-refractivity contribution in [2.45, 2.75) is 24.4 Å². The van der Waals surface area contributed by atoms with Gasteiger partial charge in [0, 0.05) is 0 Å². The highest BCUT2D eigenvalue weighted by molar-refractivity contribution is 6.19. The fourth-order valence-corrected chi connectivity index (χ4v) is 1.62. The Balaban J connectivity index is 2.37. The summed E-state index contributed by atoms with van der Waals surface area (Å²) in [6.07, 6.45) is -5.93. The van der Waals surface area contributed by atoms with Crippen LogP contribution in [0.25, 0.3) is 0 Å². The topological polar surface area (TPSA) is 91.9 Å². The molecule has 2 rings (SSSR count). The maximum absolute atomic E-state index is 12.4. The van der Waals surface area contributed by atoms with Crippen LogP contribution in [0.2, 0.25) is 0 Å². The third-order valence-electron chi connectivity index (χ3n) is 2.27. The molecule has 0 fully saturated rings. The molecule has 2 atom stereocenters. The molecular formula is C7H8F3N5O. The Kier molecular flexibility index (Phi) is 2.15. The highest BCUT2D eigenvalue weighted by Crippen LogP contribution is 2.31. The summed E-state index contributed by atoms with van der Waals surface area (Å²) in [5.74, 6) is -1.11. The molecule has 0 saturated heterocycles. The maximum atomic E-state index is 12.4. The molecule has 2 unspecified atom stereocenters. The first kappa shape index (κ1) is 10.9. The number of carbonyl (C=O) groups excluding carboxylic acids is 1. The summed E-state index contributed by atoms with van der Waals surface area (Å²) in [5.41, 5.74) is 3.34. The van der Waals surface area contributed by atoms with Crippen molar-refractivity contribution in [3.63, 3.8) is 0 Å². The molecule has 0 spiro atoms. The second kappa shape index (κ2) is 3.17. The lowest BCUT2D eigenvalue weighted by Gasteiger charge is -2.33. The molecule has 9 heteroatoms. The van der Waals surface area contributed by atoms with E-state index in [-0.39, 0.29) is 5.84 Å². The lowest BCUT2D eigenvalue weighted by Crippen LogP contribution is -2.66. The number of nitrogens with zero attached hydrogens (tertiary/aromatic N) is 2. The summed E-state index contributed by atoms with van der Waals surface area (Å²) in [7, 11) is 0. The minimum Gasteiger partial charge on any atom is -0.356 e. The van der Waals surface area contributed by atoms with Crippen molar-refractivity contribution in [1.82, 2.24) is 10.6 Å². The van der Waals surface area contributed by atoms with Gasteiger partial charge in [0.15, 0.2) is 17.7 Å². The number of nitrogens with one attached hydrogen (secondary N) is 2. The summed E-state index contributed by atoms with van der Waals surface area (Å²) < 4.78 is 37.1. The summed E-state index contributed by atoms with van der Waals surface area (Å²) in [6.45, 7) is 0. The third-order valence-corrected chi connectivity index (χ3v) is 2.27. The van der Waals surface area contributed by atoms with Gasteiger partial charge in [-0.25, -0.2) is 9.98 Å². The van der Waals surface area contributed by atoms with Crippen LogP contribution in [0.5, 0.6) is 0 Å². The van der Waals surface area contributed by atoms with Gasteiger partial charge in [-0.3, -0.25) is 10.5 Å². The Morgan fingerprint density at radius 1 is 1.56 bits per heavy atom. The van der Waals surface area contributed by atoms with Crippen LogP contribution < -0.4 is 16.4 Å². The van der Waals surface area contributed by atoms with Gasteiger partial charge in [0.1, 0.15) is 0 Å². The van der Waals surface area contributed by atoms with E-state index < -0.39 is 30.3 Å². The second-order valence-electron chi connectivity index (χ2n) is 3.47. The number of fused-ring (bicyclic) bond motifs is 1. The van der Waals surface area contributed by atoms with E-state index in [2.05, 4.69) is 20.6 Å². The quantitative estimate of drug-likeness (QED) is 0.548. The SMILES string of the molecule is NC1N=C2N=CNC2(CC(F)(F)F)C(=O)N1. The summed E-state index contributed by atoms with van der Waals surface area (Å²) in [5, 5.41) is 4.41. The Hall–Kier alpha value is -1.64. The molecule has 0 aromatic heterocycles. The standard InChI is InChI=1S/C7H8F3N5O/c8-7(9,10)1-6-3(12-2-13-6)14-5(11)15-4(6)16/h2,5H,1,11H2,(H,15,16)(H,12,13,14). The molecule has 0 saturated carbocycles. The van der Waals surface area contributed by atoms with E-state index in [9.17, 15) is 18.0 Å². The first-order chi connectivity index (χ1) is 7.33. The smallest absolute Gasteiger partial charge is 0.356 e. The van der Waals surface area contributed by atoms with E-state index in [1.807, 2.05) is 0 Å². The number of hydrogen-bond acceptors (Lipinski definition) is 5. The van der Waals surface area contributed by atoms with Crippen molar-refractivity contribution in [2.24, 2.45) is 15.7 Å². The van der Waals surface area contributed by atoms with Crippen LogP contribution in [0.1, 0.15) is 6.42 Å². The number of halogens is 3. The highest BCUT2D eigenvalue weighted by Gasteiger charge is 2.55. The summed E-state index contributed by atoms with van der Waals surface area (Å²) >= 11 is 0. The van der Waals surface area contributed by atoms with Crippen molar-refractivity contribution < 1.29 is 18.0 Å². The van der Waals surface area contributed by atoms with Crippen molar-refractivity contribution in [3.8, 4) is 0 Å². The van der Waals surface area contributed by atoms with Crippen LogP contribution in [0.15, 0.2) is 9.98 Å². The summed E-state index contributed by atoms with van der Waals surface area (Å²) in [6, 6.07) is 0. The van der Waals surface area contributed by atoms with Gasteiger partial charge in [0.25, 0.3) is 5.91 Å². The van der Waals surface area contributed by atoms with Crippen LogP contribution in [0.4, 0.5) is 13.2 Å². The van der Waals surface area contributed by atoms with Gasteiger partial charge in [0.05, 0.1) is 12.8 Å². The Morgan fingerprint density at radius 3 is 2.88 bits per heavy atom. The number of carbonyl (C=O) groups is 1. The van der Waals surface area contributed by atoms with E-state index in [1.54, 1.807) is 0 Å². The predicted molar refractivity (Wildman–Crippen MR) is 48.6 cm³/mol. The zero-order chi connectivity index (χ0) is 12.0. The van der Waals surface area contributed by atoms with Gasteiger partial charge in [0.2, 0.25) is 0 Å². The number of nitrogens with two attached hydrogens (primary N) is 1. The predicted octanol–water partition coefficient (Wildman–Crippen LogP) is -0.920. The minimum absolute atomic E-state index is 0.235. The van der Waals surface area contributed by atoms with Crippen LogP contribution in [0, 0.1) is 0 Å². The van der Waals surface area contributed by atoms with Gasteiger partial charge in [-0.05, 0) is 0 Å². The van der Waals surface area contributed by atoms with E-state index in [1.165, 1.54) is 0 Å². The summed E-state index contributed by atoms with van der Waals surface area (Å²) in [4.78, 5) is 18.8. The van der Waals surface area contributed by atoms with Crippen LogP contribution in [-0.2, 0) is 4.79 Å². The van der Waals surface area contributed by atoms with Gasteiger partial charge in [-0.1, -0.05) is 0 Å². The number of alkyl halides is 3. The number of amides is 1. The van der Waals surface area contributed by atoms with Crippen LogP contribution in [-0.4, -0.2) is 36.1 Å². The molecule has 0 bridgehead atoms.